The number of hydrogen-bond acceptors (Lipinski definition) is 6. The predicted octanol–water partition coefficient (Wildman–Crippen LogP) is 13.9. The lowest BCUT2D eigenvalue weighted by atomic mass is 10.0. The summed E-state index contributed by atoms with van der Waals surface area (Å²) in [4.78, 5) is 37.4. The van der Waals surface area contributed by atoms with Gasteiger partial charge in [-0.25, -0.2) is 0 Å². The quantitative estimate of drug-likeness (QED) is 0.0356. The molecule has 0 saturated carbocycles. The number of carbonyl (C=O) groups excluding carboxylic acids is 3. The van der Waals surface area contributed by atoms with Crippen molar-refractivity contribution in [2.24, 2.45) is 5.92 Å². The maximum Gasteiger partial charge on any atom is 0.306 e. The second-order valence-corrected chi connectivity index (χ2v) is 15.8. The van der Waals surface area contributed by atoms with Crippen molar-refractivity contribution in [3.05, 3.63) is 0 Å². The minimum atomic E-state index is -0.756. The third-order valence-corrected chi connectivity index (χ3v) is 10.0. The second-order valence-electron chi connectivity index (χ2n) is 15.8. The van der Waals surface area contributed by atoms with Gasteiger partial charge in [0, 0.05) is 19.3 Å². The van der Waals surface area contributed by atoms with Crippen LogP contribution in [-0.4, -0.2) is 37.2 Å². The molecule has 0 spiro atoms. The molecule has 0 aliphatic heterocycles. The third kappa shape index (κ3) is 39.5. The van der Waals surface area contributed by atoms with Crippen LogP contribution in [0.25, 0.3) is 0 Å². The summed E-state index contributed by atoms with van der Waals surface area (Å²) in [7, 11) is 0. The van der Waals surface area contributed by atoms with Gasteiger partial charge in [0.2, 0.25) is 0 Å². The first-order valence-electron chi connectivity index (χ1n) is 22.4. The summed E-state index contributed by atoms with van der Waals surface area (Å²) >= 11 is 0. The lowest BCUT2D eigenvalue weighted by Crippen LogP contribution is -2.30. The average Bonchev–Trinajstić information content (AvgIpc) is 3.11. The summed E-state index contributed by atoms with van der Waals surface area (Å²) in [5.41, 5.74) is 0. The lowest BCUT2D eigenvalue weighted by molar-refractivity contribution is -0.167. The van der Waals surface area contributed by atoms with Crippen molar-refractivity contribution in [1.29, 1.82) is 0 Å². The average molecular weight is 723 g/mol. The standard InChI is InChI=1S/C45H86O6/c1-5-7-9-11-12-13-22-25-29-32-36-43(46)49-39-42(51-45(48)38-34-27-10-8-6-2)40-50-44(47)37-33-30-26-23-20-18-16-14-15-17-19-21-24-28-31-35-41(3)4/h41-42H,5-40H2,1-4H3/t42-/m0/s1. The van der Waals surface area contributed by atoms with Gasteiger partial charge in [-0.05, 0) is 25.2 Å². The molecule has 0 heterocycles. The van der Waals surface area contributed by atoms with Gasteiger partial charge in [-0.3, -0.25) is 14.4 Å². The Morgan fingerprint density at radius 2 is 0.647 bits per heavy atom. The Morgan fingerprint density at radius 3 is 0.961 bits per heavy atom. The van der Waals surface area contributed by atoms with Crippen molar-refractivity contribution in [2.45, 2.75) is 252 Å². The Kier molecular flexibility index (Phi) is 38.4. The van der Waals surface area contributed by atoms with Crippen molar-refractivity contribution >= 4 is 17.9 Å². The highest BCUT2D eigenvalue weighted by Crippen LogP contribution is 2.16. The van der Waals surface area contributed by atoms with E-state index in [1.807, 2.05) is 0 Å². The molecule has 0 amide bonds. The second kappa shape index (κ2) is 39.6. The smallest absolute Gasteiger partial charge is 0.306 e. The first kappa shape index (κ1) is 49.4. The number of hydrogen-bond donors (Lipinski definition) is 0. The van der Waals surface area contributed by atoms with E-state index in [9.17, 15) is 14.4 Å². The Labute approximate surface area is 317 Å². The van der Waals surface area contributed by atoms with Crippen LogP contribution >= 0.6 is 0 Å². The van der Waals surface area contributed by atoms with Gasteiger partial charge in [-0.2, -0.15) is 0 Å². The fraction of sp³-hybridized carbons (Fsp3) is 0.933. The number of ether oxygens (including phenoxy) is 3. The molecule has 6 nitrogen and oxygen atoms in total. The first-order valence-corrected chi connectivity index (χ1v) is 22.4. The zero-order valence-electron chi connectivity index (χ0n) is 34.6. The summed E-state index contributed by atoms with van der Waals surface area (Å²) in [6.07, 6.45) is 38.3. The number of esters is 3. The maximum absolute atomic E-state index is 12.5. The molecule has 0 aliphatic carbocycles. The largest absolute Gasteiger partial charge is 0.462 e. The molecule has 0 aliphatic rings. The highest BCUT2D eigenvalue weighted by atomic mass is 16.6. The van der Waals surface area contributed by atoms with Gasteiger partial charge in [0.1, 0.15) is 13.2 Å². The predicted molar refractivity (Wildman–Crippen MR) is 215 cm³/mol. The van der Waals surface area contributed by atoms with E-state index >= 15 is 0 Å². The van der Waals surface area contributed by atoms with E-state index < -0.39 is 6.10 Å². The third-order valence-electron chi connectivity index (χ3n) is 10.0. The van der Waals surface area contributed by atoms with Crippen molar-refractivity contribution in [3.8, 4) is 0 Å². The fourth-order valence-corrected chi connectivity index (χ4v) is 6.63. The van der Waals surface area contributed by atoms with E-state index in [1.54, 1.807) is 0 Å². The van der Waals surface area contributed by atoms with Crippen LogP contribution in [0.2, 0.25) is 0 Å². The molecule has 302 valence electrons. The minimum absolute atomic E-state index is 0.0652. The minimum Gasteiger partial charge on any atom is -0.462 e. The molecule has 0 aromatic heterocycles. The Bertz CT molecular complexity index is 766. The van der Waals surface area contributed by atoms with Gasteiger partial charge < -0.3 is 14.2 Å². The van der Waals surface area contributed by atoms with Gasteiger partial charge in [0.25, 0.3) is 0 Å². The van der Waals surface area contributed by atoms with Crippen LogP contribution in [0.5, 0.6) is 0 Å². The van der Waals surface area contributed by atoms with E-state index in [1.165, 1.54) is 135 Å². The Morgan fingerprint density at radius 1 is 0.373 bits per heavy atom. The first-order chi connectivity index (χ1) is 24.9. The van der Waals surface area contributed by atoms with Gasteiger partial charge in [0.15, 0.2) is 6.10 Å². The van der Waals surface area contributed by atoms with Gasteiger partial charge in [0.05, 0.1) is 0 Å². The molecule has 0 saturated heterocycles. The number of rotatable bonds is 40. The van der Waals surface area contributed by atoms with Crippen LogP contribution in [-0.2, 0) is 28.6 Å². The van der Waals surface area contributed by atoms with Crippen molar-refractivity contribution in [3.63, 3.8) is 0 Å². The zero-order chi connectivity index (χ0) is 37.5. The molecule has 0 rings (SSSR count). The van der Waals surface area contributed by atoms with Gasteiger partial charge >= 0.3 is 17.9 Å². The van der Waals surface area contributed by atoms with Crippen molar-refractivity contribution in [2.75, 3.05) is 13.2 Å². The van der Waals surface area contributed by atoms with Crippen LogP contribution in [0.15, 0.2) is 0 Å². The zero-order valence-corrected chi connectivity index (χ0v) is 34.6. The molecule has 0 fully saturated rings. The summed E-state index contributed by atoms with van der Waals surface area (Å²) < 4.78 is 16.6. The van der Waals surface area contributed by atoms with Crippen LogP contribution in [0, 0.1) is 5.92 Å². The summed E-state index contributed by atoms with van der Waals surface area (Å²) in [6.45, 7) is 8.92. The molecule has 0 radical (unpaired) electrons. The number of carbonyl (C=O) groups is 3. The number of unbranched alkanes of at least 4 members (excludes halogenated alkanes) is 27. The molecule has 0 aromatic rings. The topological polar surface area (TPSA) is 78.9 Å². The SMILES string of the molecule is CCCCCCCCCCCCC(=O)OC[C@@H](COC(=O)CCCCCCCCCCCCCCCCCC(C)C)OC(=O)CCCCCCC. The molecule has 0 unspecified atom stereocenters. The van der Waals surface area contributed by atoms with Crippen molar-refractivity contribution < 1.29 is 28.6 Å². The van der Waals surface area contributed by atoms with Crippen LogP contribution in [0.3, 0.4) is 0 Å². The molecule has 0 N–H and O–H groups in total. The highest BCUT2D eigenvalue weighted by molar-refractivity contribution is 5.71. The molecule has 1 atom stereocenters. The summed E-state index contributed by atoms with van der Waals surface area (Å²) in [5, 5.41) is 0. The van der Waals surface area contributed by atoms with E-state index in [0.29, 0.717) is 19.3 Å². The maximum atomic E-state index is 12.5. The van der Waals surface area contributed by atoms with Crippen molar-refractivity contribution in [1.82, 2.24) is 0 Å². The molecular weight excluding hydrogens is 636 g/mol. The van der Waals surface area contributed by atoms with Gasteiger partial charge in [-0.1, -0.05) is 207 Å². The normalized spacial score (nSPS) is 11.9. The van der Waals surface area contributed by atoms with Gasteiger partial charge in [-0.15, -0.1) is 0 Å². The van der Waals surface area contributed by atoms with E-state index in [2.05, 4.69) is 27.7 Å². The van der Waals surface area contributed by atoms with E-state index in [-0.39, 0.29) is 31.1 Å². The lowest BCUT2D eigenvalue weighted by Gasteiger charge is -2.18. The highest BCUT2D eigenvalue weighted by Gasteiger charge is 2.19. The molecule has 0 aromatic carbocycles. The molecular formula is C45H86O6. The monoisotopic (exact) mass is 723 g/mol. The van der Waals surface area contributed by atoms with Crippen LogP contribution in [0.4, 0.5) is 0 Å². The molecule has 0 bridgehead atoms. The summed E-state index contributed by atoms with van der Waals surface area (Å²) in [5.74, 6) is -0.0221. The Balaban J connectivity index is 4.08. The van der Waals surface area contributed by atoms with Crippen LogP contribution < -0.4 is 0 Å². The molecule has 51 heavy (non-hydrogen) atoms. The fourth-order valence-electron chi connectivity index (χ4n) is 6.63. The van der Waals surface area contributed by atoms with E-state index in [0.717, 1.165) is 70.1 Å². The van der Waals surface area contributed by atoms with Crippen LogP contribution in [0.1, 0.15) is 246 Å². The summed E-state index contributed by atoms with van der Waals surface area (Å²) in [6, 6.07) is 0. The Hall–Kier alpha value is -1.59. The van der Waals surface area contributed by atoms with E-state index in [4.69, 9.17) is 14.2 Å². The molecule has 6 heteroatoms.